The Kier molecular flexibility index (Phi) is 7.15. The van der Waals surface area contributed by atoms with Crippen molar-refractivity contribution in [2.45, 2.75) is 27.7 Å². The Hall–Kier alpha value is -0.120. The van der Waals surface area contributed by atoms with Gasteiger partial charge >= 0.3 is 0 Å². The van der Waals surface area contributed by atoms with Crippen LogP contribution in [0.4, 0.5) is 0 Å². The van der Waals surface area contributed by atoms with Crippen molar-refractivity contribution in [3.63, 3.8) is 0 Å². The summed E-state index contributed by atoms with van der Waals surface area (Å²) in [7, 11) is 0. The number of nitrogens with two attached hydrogens (primary N) is 1. The highest BCUT2D eigenvalue weighted by atomic mass is 16.5. The molecule has 0 bridgehead atoms. The van der Waals surface area contributed by atoms with Crippen LogP contribution in [0.3, 0.4) is 0 Å². The lowest BCUT2D eigenvalue weighted by atomic mass is 9.93. The molecule has 0 amide bonds. The summed E-state index contributed by atoms with van der Waals surface area (Å²) in [4.78, 5) is 2.39. The molecule has 2 N–H and O–H groups in total. The number of rotatable bonds is 8. The number of nitrogens with zero attached hydrogens (tertiary/aromatic N) is 1. The molecule has 0 aliphatic carbocycles. The van der Waals surface area contributed by atoms with Crippen molar-refractivity contribution in [1.82, 2.24) is 4.90 Å². The van der Waals surface area contributed by atoms with Gasteiger partial charge in [0.15, 0.2) is 0 Å². The zero-order chi connectivity index (χ0) is 11.0. The molecule has 0 aromatic heterocycles. The van der Waals surface area contributed by atoms with Gasteiger partial charge in [0.05, 0.1) is 6.61 Å². The van der Waals surface area contributed by atoms with E-state index in [1.165, 1.54) is 0 Å². The van der Waals surface area contributed by atoms with Gasteiger partial charge in [-0.25, -0.2) is 0 Å². The minimum absolute atomic E-state index is 0.211. The summed E-state index contributed by atoms with van der Waals surface area (Å²) in [6.07, 6.45) is 0. The van der Waals surface area contributed by atoms with Crippen LogP contribution in [0.1, 0.15) is 27.7 Å². The van der Waals surface area contributed by atoms with Gasteiger partial charge in [0.25, 0.3) is 0 Å². The summed E-state index contributed by atoms with van der Waals surface area (Å²) in [5.41, 5.74) is 5.92. The summed E-state index contributed by atoms with van der Waals surface area (Å²) in [5.74, 6) is 0. The molecule has 0 aliphatic rings. The van der Waals surface area contributed by atoms with Crippen molar-refractivity contribution in [2.24, 2.45) is 11.1 Å². The highest BCUT2D eigenvalue weighted by Gasteiger charge is 2.18. The monoisotopic (exact) mass is 202 g/mol. The molecular weight excluding hydrogens is 176 g/mol. The van der Waals surface area contributed by atoms with Crippen LogP contribution in [0, 0.1) is 5.41 Å². The quantitative estimate of drug-likeness (QED) is 0.604. The van der Waals surface area contributed by atoms with Gasteiger partial charge in [-0.2, -0.15) is 0 Å². The predicted molar refractivity (Wildman–Crippen MR) is 61.4 cm³/mol. The van der Waals surface area contributed by atoms with Crippen LogP contribution in [-0.2, 0) is 4.74 Å². The second-order valence-electron chi connectivity index (χ2n) is 4.43. The lowest BCUT2D eigenvalue weighted by molar-refractivity contribution is 0.0987. The van der Waals surface area contributed by atoms with Crippen molar-refractivity contribution in [3.05, 3.63) is 0 Å². The van der Waals surface area contributed by atoms with Crippen LogP contribution >= 0.6 is 0 Å². The molecule has 0 fully saturated rings. The van der Waals surface area contributed by atoms with E-state index in [9.17, 15) is 0 Å². The van der Waals surface area contributed by atoms with E-state index in [1.807, 2.05) is 6.92 Å². The third kappa shape index (κ3) is 6.35. The van der Waals surface area contributed by atoms with Crippen LogP contribution < -0.4 is 5.73 Å². The van der Waals surface area contributed by atoms with Crippen LogP contribution in [0.2, 0.25) is 0 Å². The second-order valence-corrected chi connectivity index (χ2v) is 4.43. The van der Waals surface area contributed by atoms with Crippen LogP contribution in [0.15, 0.2) is 0 Å². The van der Waals surface area contributed by atoms with Crippen molar-refractivity contribution >= 4 is 0 Å². The molecule has 0 radical (unpaired) electrons. The first-order valence-electron chi connectivity index (χ1n) is 5.56. The third-order valence-electron chi connectivity index (χ3n) is 2.41. The molecule has 3 nitrogen and oxygen atoms in total. The summed E-state index contributed by atoms with van der Waals surface area (Å²) in [6.45, 7) is 14.1. The fourth-order valence-electron chi connectivity index (χ4n) is 1.36. The van der Waals surface area contributed by atoms with Crippen LogP contribution in [0.25, 0.3) is 0 Å². The Morgan fingerprint density at radius 2 is 1.93 bits per heavy atom. The maximum Gasteiger partial charge on any atom is 0.0593 e. The Bertz CT molecular complexity index is 137. The van der Waals surface area contributed by atoms with Gasteiger partial charge in [-0.05, 0) is 25.4 Å². The van der Waals surface area contributed by atoms with Gasteiger partial charge in [0.1, 0.15) is 0 Å². The van der Waals surface area contributed by atoms with E-state index < -0.39 is 0 Å². The Labute approximate surface area is 88.6 Å². The molecule has 0 aromatic carbocycles. The predicted octanol–water partition coefficient (Wildman–Crippen LogP) is 1.33. The molecular formula is C11H26N2O. The fourth-order valence-corrected chi connectivity index (χ4v) is 1.36. The van der Waals surface area contributed by atoms with Crippen LogP contribution in [0.5, 0.6) is 0 Å². The molecule has 3 heteroatoms. The first-order valence-corrected chi connectivity index (χ1v) is 5.56. The highest BCUT2D eigenvalue weighted by molar-refractivity contribution is 4.74. The Morgan fingerprint density at radius 1 is 1.29 bits per heavy atom. The minimum atomic E-state index is 0.211. The van der Waals surface area contributed by atoms with Gasteiger partial charge in [0.2, 0.25) is 0 Å². The van der Waals surface area contributed by atoms with E-state index in [4.69, 9.17) is 10.5 Å². The number of likely N-dealkylation sites (N-methyl/N-ethyl adjacent to an activating group) is 1. The third-order valence-corrected chi connectivity index (χ3v) is 2.41. The molecule has 0 saturated carbocycles. The van der Waals surface area contributed by atoms with Gasteiger partial charge in [-0.3, -0.25) is 0 Å². The van der Waals surface area contributed by atoms with E-state index in [2.05, 4.69) is 25.7 Å². The highest BCUT2D eigenvalue weighted by Crippen LogP contribution is 2.14. The fraction of sp³-hybridized carbons (Fsp3) is 1.00. The molecule has 0 atom stereocenters. The largest absolute Gasteiger partial charge is 0.380 e. The summed E-state index contributed by atoms with van der Waals surface area (Å²) >= 11 is 0. The zero-order valence-corrected chi connectivity index (χ0v) is 10.2. The standard InChI is InChI=1S/C11H26N2O/c1-5-13(7-8-14-6-2)10-11(3,4)9-12/h5-10,12H2,1-4H3. The number of hydrogen-bond acceptors (Lipinski definition) is 3. The first kappa shape index (κ1) is 13.9. The Morgan fingerprint density at radius 3 is 2.36 bits per heavy atom. The molecule has 0 aromatic rings. The molecule has 0 spiro atoms. The topological polar surface area (TPSA) is 38.5 Å². The maximum atomic E-state index is 5.71. The summed E-state index contributed by atoms with van der Waals surface area (Å²) in [6, 6.07) is 0. The molecule has 0 unspecified atom stereocenters. The van der Waals surface area contributed by atoms with Gasteiger partial charge in [-0.1, -0.05) is 20.8 Å². The zero-order valence-electron chi connectivity index (χ0n) is 10.2. The minimum Gasteiger partial charge on any atom is -0.380 e. The van der Waals surface area contributed by atoms with Crippen molar-refractivity contribution in [3.8, 4) is 0 Å². The molecule has 86 valence electrons. The van der Waals surface area contributed by atoms with Crippen molar-refractivity contribution in [1.29, 1.82) is 0 Å². The SMILES string of the molecule is CCOCCN(CC)CC(C)(C)CN. The number of hydrogen-bond donors (Lipinski definition) is 1. The first-order chi connectivity index (χ1) is 6.55. The number of ether oxygens (including phenoxy) is 1. The van der Waals surface area contributed by atoms with Crippen molar-refractivity contribution in [2.75, 3.05) is 39.4 Å². The lowest BCUT2D eigenvalue weighted by Crippen LogP contribution is -2.40. The average molecular weight is 202 g/mol. The van der Waals surface area contributed by atoms with E-state index in [0.29, 0.717) is 0 Å². The smallest absolute Gasteiger partial charge is 0.0593 e. The van der Waals surface area contributed by atoms with Crippen molar-refractivity contribution < 1.29 is 4.74 Å². The van der Waals surface area contributed by atoms with E-state index in [-0.39, 0.29) is 5.41 Å². The molecule has 0 saturated heterocycles. The molecule has 0 rings (SSSR count). The lowest BCUT2D eigenvalue weighted by Gasteiger charge is -2.30. The molecule has 0 heterocycles. The second kappa shape index (κ2) is 7.21. The Balaban J connectivity index is 3.78. The van der Waals surface area contributed by atoms with Gasteiger partial charge in [-0.15, -0.1) is 0 Å². The van der Waals surface area contributed by atoms with E-state index >= 15 is 0 Å². The average Bonchev–Trinajstić information content (AvgIpc) is 2.16. The van der Waals surface area contributed by atoms with Gasteiger partial charge in [0, 0.05) is 19.7 Å². The summed E-state index contributed by atoms with van der Waals surface area (Å²) in [5, 5.41) is 0. The summed E-state index contributed by atoms with van der Waals surface area (Å²) < 4.78 is 5.34. The van der Waals surface area contributed by atoms with Gasteiger partial charge < -0.3 is 15.4 Å². The van der Waals surface area contributed by atoms with E-state index in [1.54, 1.807) is 0 Å². The van der Waals surface area contributed by atoms with E-state index in [0.717, 1.165) is 39.4 Å². The molecule has 14 heavy (non-hydrogen) atoms. The normalized spacial score (nSPS) is 12.4. The van der Waals surface area contributed by atoms with Crippen LogP contribution in [-0.4, -0.2) is 44.3 Å². The maximum absolute atomic E-state index is 5.71. The molecule has 0 aliphatic heterocycles.